The molecule has 0 aliphatic heterocycles. The molecule has 0 amide bonds. The van der Waals surface area contributed by atoms with Crippen LogP contribution in [0.1, 0.15) is 0 Å². The summed E-state index contributed by atoms with van der Waals surface area (Å²) in [6.07, 6.45) is 2.58. The van der Waals surface area contributed by atoms with E-state index >= 15 is 0 Å². The summed E-state index contributed by atoms with van der Waals surface area (Å²) >= 11 is 0. The van der Waals surface area contributed by atoms with Crippen molar-refractivity contribution in [1.82, 2.24) is 19.9 Å². The number of H-pyrrole nitrogens is 1. The summed E-state index contributed by atoms with van der Waals surface area (Å²) in [6.45, 7) is -0.950. The number of carboxylic acids is 2. The largest absolute Gasteiger partial charge is 0.480 e. The molecule has 0 saturated carbocycles. The van der Waals surface area contributed by atoms with Crippen LogP contribution in [0.4, 0.5) is 5.82 Å². The van der Waals surface area contributed by atoms with Crippen LogP contribution in [0.3, 0.4) is 0 Å². The molecule has 0 atom stereocenters. The smallest absolute Gasteiger partial charge is 0.323 e. The van der Waals surface area contributed by atoms with Crippen molar-refractivity contribution in [2.45, 2.75) is 0 Å². The van der Waals surface area contributed by atoms with E-state index in [1.165, 1.54) is 12.7 Å². The van der Waals surface area contributed by atoms with Gasteiger partial charge in [-0.1, -0.05) is 0 Å². The van der Waals surface area contributed by atoms with Gasteiger partial charge < -0.3 is 20.1 Å². The van der Waals surface area contributed by atoms with E-state index in [0.717, 1.165) is 4.90 Å². The number of anilines is 1. The molecule has 0 radical (unpaired) electrons. The number of carboxylic acid groups (broad SMARTS) is 2. The molecule has 0 spiro atoms. The first-order chi connectivity index (χ1) is 8.58. The molecule has 0 aliphatic carbocycles. The molecule has 2 rings (SSSR count). The van der Waals surface area contributed by atoms with Crippen LogP contribution in [0.5, 0.6) is 0 Å². The van der Waals surface area contributed by atoms with Crippen molar-refractivity contribution in [2.24, 2.45) is 0 Å². The van der Waals surface area contributed by atoms with Gasteiger partial charge in [0.15, 0.2) is 11.5 Å². The number of rotatable bonds is 5. The highest BCUT2D eigenvalue weighted by atomic mass is 16.4. The Morgan fingerprint density at radius 3 is 2.44 bits per heavy atom. The molecule has 9 nitrogen and oxygen atoms in total. The molecule has 0 aliphatic rings. The van der Waals surface area contributed by atoms with Crippen LogP contribution < -0.4 is 4.90 Å². The van der Waals surface area contributed by atoms with Crippen molar-refractivity contribution in [3.63, 3.8) is 0 Å². The first-order valence-corrected chi connectivity index (χ1v) is 4.90. The van der Waals surface area contributed by atoms with Crippen LogP contribution in [0.2, 0.25) is 0 Å². The van der Waals surface area contributed by atoms with Crippen LogP contribution in [-0.2, 0) is 9.59 Å². The van der Waals surface area contributed by atoms with E-state index in [4.69, 9.17) is 10.2 Å². The zero-order valence-electron chi connectivity index (χ0n) is 9.07. The van der Waals surface area contributed by atoms with Gasteiger partial charge in [0.25, 0.3) is 0 Å². The number of fused-ring (bicyclic) bond motifs is 1. The summed E-state index contributed by atoms with van der Waals surface area (Å²) in [5.74, 6) is -2.10. The fraction of sp³-hybridized carbons (Fsp3) is 0.222. The molecule has 0 fully saturated rings. The van der Waals surface area contributed by atoms with Gasteiger partial charge in [-0.05, 0) is 0 Å². The van der Waals surface area contributed by atoms with Crippen LogP contribution in [0, 0.1) is 0 Å². The number of hydrogen-bond acceptors (Lipinski definition) is 6. The average molecular weight is 251 g/mol. The Morgan fingerprint density at radius 1 is 1.17 bits per heavy atom. The minimum atomic E-state index is -1.15. The molecule has 2 aromatic heterocycles. The second-order valence-electron chi connectivity index (χ2n) is 3.44. The minimum absolute atomic E-state index is 0.197. The lowest BCUT2D eigenvalue weighted by atomic mass is 10.4. The Morgan fingerprint density at radius 2 is 1.83 bits per heavy atom. The van der Waals surface area contributed by atoms with E-state index in [1.807, 2.05) is 0 Å². The third kappa shape index (κ3) is 2.34. The summed E-state index contributed by atoms with van der Waals surface area (Å²) in [5, 5.41) is 17.6. The minimum Gasteiger partial charge on any atom is -0.480 e. The Labute approximate surface area is 100 Å². The van der Waals surface area contributed by atoms with Crippen molar-refractivity contribution in [3.05, 3.63) is 12.7 Å². The van der Waals surface area contributed by atoms with Gasteiger partial charge in [0.1, 0.15) is 24.9 Å². The molecule has 3 N–H and O–H groups in total. The van der Waals surface area contributed by atoms with E-state index in [9.17, 15) is 9.59 Å². The Hall–Kier alpha value is -2.71. The number of aliphatic carboxylic acids is 2. The monoisotopic (exact) mass is 251 g/mol. The zero-order chi connectivity index (χ0) is 13.1. The van der Waals surface area contributed by atoms with E-state index in [0.29, 0.717) is 11.2 Å². The number of nitrogens with one attached hydrogen (secondary N) is 1. The van der Waals surface area contributed by atoms with E-state index in [2.05, 4.69) is 19.9 Å². The molecule has 2 aromatic rings. The topological polar surface area (TPSA) is 132 Å². The van der Waals surface area contributed by atoms with Crippen molar-refractivity contribution in [1.29, 1.82) is 0 Å². The molecule has 2 heterocycles. The van der Waals surface area contributed by atoms with Gasteiger partial charge in [-0.15, -0.1) is 0 Å². The highest BCUT2D eigenvalue weighted by molar-refractivity contribution is 5.87. The quantitative estimate of drug-likeness (QED) is 0.637. The van der Waals surface area contributed by atoms with Gasteiger partial charge in [-0.25, -0.2) is 15.0 Å². The fourth-order valence-corrected chi connectivity index (χ4v) is 1.52. The summed E-state index contributed by atoms with van der Waals surface area (Å²) in [6, 6.07) is 0. The predicted octanol–water partition coefficient (Wildman–Crippen LogP) is -0.671. The maximum Gasteiger partial charge on any atom is 0.323 e. The molecule has 0 bridgehead atoms. The summed E-state index contributed by atoms with van der Waals surface area (Å²) in [4.78, 5) is 37.0. The Balaban J connectivity index is 2.42. The van der Waals surface area contributed by atoms with Crippen LogP contribution >= 0.6 is 0 Å². The van der Waals surface area contributed by atoms with Gasteiger partial charge in [0, 0.05) is 0 Å². The van der Waals surface area contributed by atoms with Gasteiger partial charge in [0.05, 0.1) is 6.33 Å². The normalized spacial score (nSPS) is 10.4. The molecule has 0 aromatic carbocycles. The van der Waals surface area contributed by atoms with Crippen LogP contribution in [0.25, 0.3) is 11.2 Å². The van der Waals surface area contributed by atoms with Crippen molar-refractivity contribution in [2.75, 3.05) is 18.0 Å². The van der Waals surface area contributed by atoms with Crippen LogP contribution in [-0.4, -0.2) is 55.2 Å². The third-order valence-corrected chi connectivity index (χ3v) is 2.15. The molecule has 18 heavy (non-hydrogen) atoms. The maximum absolute atomic E-state index is 10.7. The highest BCUT2D eigenvalue weighted by Gasteiger charge is 2.19. The summed E-state index contributed by atoms with van der Waals surface area (Å²) < 4.78 is 0. The lowest BCUT2D eigenvalue weighted by molar-refractivity contribution is -0.136. The SMILES string of the molecule is O=C(O)CN(CC(=O)O)c1ncnc2nc[nH]c12. The number of aromatic amines is 1. The van der Waals surface area contributed by atoms with Crippen molar-refractivity contribution in [3.8, 4) is 0 Å². The fourth-order valence-electron chi connectivity index (χ4n) is 1.52. The standard InChI is InChI=1S/C9H9N5O4/c15-5(16)1-14(2-6(17)18)9-7-8(11-3-10-7)12-4-13-9/h3-4H,1-2H2,(H,15,16)(H,17,18)(H,10,11,12,13). The molecule has 0 saturated heterocycles. The zero-order valence-corrected chi connectivity index (χ0v) is 9.07. The van der Waals surface area contributed by atoms with Gasteiger partial charge >= 0.3 is 11.9 Å². The van der Waals surface area contributed by atoms with E-state index < -0.39 is 25.0 Å². The number of imidazole rings is 1. The van der Waals surface area contributed by atoms with E-state index in [-0.39, 0.29) is 5.82 Å². The van der Waals surface area contributed by atoms with E-state index in [1.54, 1.807) is 0 Å². The Bertz CT molecular complexity index is 579. The molecule has 9 heteroatoms. The second kappa shape index (κ2) is 4.65. The van der Waals surface area contributed by atoms with Gasteiger partial charge in [-0.2, -0.15) is 0 Å². The maximum atomic E-state index is 10.7. The number of aromatic nitrogens is 4. The Kier molecular flexibility index (Phi) is 3.04. The number of carbonyl (C=O) groups is 2. The first-order valence-electron chi connectivity index (χ1n) is 4.90. The number of hydrogen-bond donors (Lipinski definition) is 3. The molecular formula is C9H9N5O4. The van der Waals surface area contributed by atoms with Crippen LogP contribution in [0.15, 0.2) is 12.7 Å². The highest BCUT2D eigenvalue weighted by Crippen LogP contribution is 2.18. The lowest BCUT2D eigenvalue weighted by Gasteiger charge is -2.19. The molecule has 94 valence electrons. The van der Waals surface area contributed by atoms with Gasteiger partial charge in [0.2, 0.25) is 0 Å². The average Bonchev–Trinajstić information content (AvgIpc) is 2.74. The van der Waals surface area contributed by atoms with Crippen molar-refractivity contribution < 1.29 is 19.8 Å². The molecule has 0 unspecified atom stereocenters. The predicted molar refractivity (Wildman–Crippen MR) is 59.2 cm³/mol. The second-order valence-corrected chi connectivity index (χ2v) is 3.44. The van der Waals surface area contributed by atoms with Gasteiger partial charge in [-0.3, -0.25) is 9.59 Å². The summed E-state index contributed by atoms with van der Waals surface area (Å²) in [5.41, 5.74) is 0.751. The number of nitrogens with zero attached hydrogens (tertiary/aromatic N) is 4. The third-order valence-electron chi connectivity index (χ3n) is 2.15. The lowest BCUT2D eigenvalue weighted by Crippen LogP contribution is -2.35. The summed E-state index contributed by atoms with van der Waals surface area (Å²) in [7, 11) is 0. The first kappa shape index (κ1) is 11.8. The van der Waals surface area contributed by atoms with Crippen molar-refractivity contribution >= 4 is 28.9 Å². The molecular weight excluding hydrogens is 242 g/mol.